The van der Waals surface area contributed by atoms with Gasteiger partial charge in [-0.1, -0.05) is 48.5 Å². The molecule has 1 amide bonds. The van der Waals surface area contributed by atoms with Crippen molar-refractivity contribution >= 4 is 23.5 Å². The van der Waals surface area contributed by atoms with E-state index < -0.39 is 0 Å². The van der Waals surface area contributed by atoms with E-state index in [1.54, 1.807) is 18.3 Å². The molecule has 3 aromatic carbocycles. The second-order valence-corrected chi connectivity index (χ2v) is 8.97. The minimum atomic E-state index is -0.242. The number of rotatable bonds is 7. The summed E-state index contributed by atoms with van der Waals surface area (Å²) in [6.45, 7) is 5.31. The fraction of sp³-hybridized carbons (Fsp3) is 0.241. The standard InChI is InChI=1S/C29H32N4O/c1-5-33-26-17-16-24(32(3)4)20-25(26)29(2,21-22-12-8-6-9-13-22)27(33)18-19-30-31-28(34)23-14-10-7-11-15-23/h6-20H,5,21H2,1-4H3,(H,31,34)/b27-18-,30-19+. The number of hydrazone groups is 1. The van der Waals surface area contributed by atoms with E-state index in [1.165, 1.54) is 28.2 Å². The SMILES string of the molecule is CCN1/C(=C\C=N\NC(=O)c2ccccc2)C(C)(Cc2ccccc2)c2cc(N(C)C)ccc21. The minimum Gasteiger partial charge on any atom is -0.378 e. The van der Waals surface area contributed by atoms with Crippen LogP contribution in [0.1, 0.15) is 35.3 Å². The number of hydrogen-bond acceptors (Lipinski definition) is 4. The summed E-state index contributed by atoms with van der Waals surface area (Å²) in [6.07, 6.45) is 4.60. The van der Waals surface area contributed by atoms with Crippen molar-refractivity contribution in [2.75, 3.05) is 30.4 Å². The summed E-state index contributed by atoms with van der Waals surface area (Å²) in [5, 5.41) is 4.23. The lowest BCUT2D eigenvalue weighted by molar-refractivity contribution is 0.0955. The summed E-state index contributed by atoms with van der Waals surface area (Å²) in [7, 11) is 4.14. The predicted octanol–water partition coefficient (Wildman–Crippen LogP) is 5.39. The fourth-order valence-electron chi connectivity index (χ4n) is 4.71. The van der Waals surface area contributed by atoms with Crippen LogP contribution in [-0.4, -0.2) is 32.8 Å². The van der Waals surface area contributed by atoms with Crippen molar-refractivity contribution in [3.63, 3.8) is 0 Å². The Hall–Kier alpha value is -3.86. The van der Waals surface area contributed by atoms with Gasteiger partial charge in [0.25, 0.3) is 5.91 Å². The molecule has 1 aliphatic heterocycles. The molecule has 174 valence electrons. The largest absolute Gasteiger partial charge is 0.378 e. The lowest BCUT2D eigenvalue weighted by atomic mass is 9.76. The Morgan fingerprint density at radius 3 is 2.35 bits per heavy atom. The first-order chi connectivity index (χ1) is 16.4. The molecule has 1 heterocycles. The Bertz CT molecular complexity index is 1200. The number of nitrogens with one attached hydrogen (secondary N) is 1. The van der Waals surface area contributed by atoms with Crippen LogP contribution in [0.3, 0.4) is 0 Å². The first-order valence-corrected chi connectivity index (χ1v) is 11.7. The fourth-order valence-corrected chi connectivity index (χ4v) is 4.71. The van der Waals surface area contributed by atoms with E-state index in [4.69, 9.17) is 0 Å². The van der Waals surface area contributed by atoms with Crippen LogP contribution in [0, 0.1) is 0 Å². The van der Waals surface area contributed by atoms with E-state index in [1.807, 2.05) is 24.3 Å². The van der Waals surface area contributed by atoms with E-state index in [2.05, 4.69) is 96.8 Å². The van der Waals surface area contributed by atoms with Gasteiger partial charge in [-0.15, -0.1) is 0 Å². The number of nitrogens with zero attached hydrogens (tertiary/aromatic N) is 3. The monoisotopic (exact) mass is 452 g/mol. The molecule has 5 heteroatoms. The quantitative estimate of drug-likeness (QED) is 0.386. The first-order valence-electron chi connectivity index (χ1n) is 11.7. The molecule has 5 nitrogen and oxygen atoms in total. The van der Waals surface area contributed by atoms with Gasteiger partial charge in [0.2, 0.25) is 0 Å². The number of fused-ring (bicyclic) bond motifs is 1. The molecule has 0 aliphatic carbocycles. The van der Waals surface area contributed by atoms with Gasteiger partial charge in [0.05, 0.1) is 0 Å². The molecule has 0 spiro atoms. The summed E-state index contributed by atoms with van der Waals surface area (Å²) < 4.78 is 0. The van der Waals surface area contributed by atoms with Gasteiger partial charge in [-0.3, -0.25) is 4.79 Å². The van der Waals surface area contributed by atoms with Crippen LogP contribution >= 0.6 is 0 Å². The van der Waals surface area contributed by atoms with Gasteiger partial charge in [-0.25, -0.2) is 5.43 Å². The number of carbonyl (C=O) groups is 1. The zero-order valence-corrected chi connectivity index (χ0v) is 20.3. The maximum Gasteiger partial charge on any atom is 0.271 e. The Morgan fingerprint density at radius 2 is 1.71 bits per heavy atom. The Balaban J connectivity index is 1.70. The Kier molecular flexibility index (Phi) is 6.82. The topological polar surface area (TPSA) is 47.9 Å². The molecule has 34 heavy (non-hydrogen) atoms. The van der Waals surface area contributed by atoms with E-state index in [9.17, 15) is 4.79 Å². The van der Waals surface area contributed by atoms with Crippen LogP contribution in [0.4, 0.5) is 11.4 Å². The average Bonchev–Trinajstić information content (AvgIpc) is 3.09. The van der Waals surface area contributed by atoms with Crippen molar-refractivity contribution in [1.82, 2.24) is 5.43 Å². The van der Waals surface area contributed by atoms with Gasteiger partial charge in [0.1, 0.15) is 0 Å². The lowest BCUT2D eigenvalue weighted by Crippen LogP contribution is -2.31. The molecule has 0 saturated carbocycles. The highest BCUT2D eigenvalue weighted by Gasteiger charge is 2.43. The van der Waals surface area contributed by atoms with Crippen molar-refractivity contribution in [1.29, 1.82) is 0 Å². The smallest absolute Gasteiger partial charge is 0.271 e. The number of anilines is 2. The van der Waals surface area contributed by atoms with Crippen LogP contribution in [0.5, 0.6) is 0 Å². The van der Waals surface area contributed by atoms with Gasteiger partial charge in [-0.05, 0) is 67.8 Å². The zero-order chi connectivity index (χ0) is 24.1. The number of carbonyl (C=O) groups excluding carboxylic acids is 1. The molecule has 0 saturated heterocycles. The maximum atomic E-state index is 12.3. The zero-order valence-electron chi connectivity index (χ0n) is 20.3. The third-order valence-electron chi connectivity index (χ3n) is 6.46. The Morgan fingerprint density at radius 1 is 1.03 bits per heavy atom. The summed E-state index contributed by atoms with van der Waals surface area (Å²) in [6, 6.07) is 26.4. The molecular weight excluding hydrogens is 420 g/mol. The predicted molar refractivity (Wildman–Crippen MR) is 142 cm³/mol. The number of amides is 1. The van der Waals surface area contributed by atoms with Crippen LogP contribution < -0.4 is 15.2 Å². The highest BCUT2D eigenvalue weighted by atomic mass is 16.2. The van der Waals surface area contributed by atoms with Gasteiger partial charge in [0.15, 0.2) is 0 Å². The van der Waals surface area contributed by atoms with Crippen molar-refractivity contribution in [3.05, 3.63) is 107 Å². The summed E-state index contributed by atoms with van der Waals surface area (Å²) in [4.78, 5) is 16.8. The van der Waals surface area contributed by atoms with E-state index in [-0.39, 0.29) is 11.3 Å². The van der Waals surface area contributed by atoms with E-state index >= 15 is 0 Å². The second kappa shape index (κ2) is 9.96. The number of likely N-dealkylation sites (N-methyl/N-ethyl adjacent to an activating group) is 1. The molecule has 1 atom stereocenters. The molecule has 1 N–H and O–H groups in total. The molecule has 0 radical (unpaired) electrons. The highest BCUT2D eigenvalue weighted by Crippen LogP contribution is 2.50. The van der Waals surface area contributed by atoms with Crippen molar-refractivity contribution in [2.45, 2.75) is 25.7 Å². The van der Waals surface area contributed by atoms with Gasteiger partial charge >= 0.3 is 0 Å². The second-order valence-electron chi connectivity index (χ2n) is 8.97. The van der Waals surface area contributed by atoms with Gasteiger partial charge in [-0.2, -0.15) is 5.10 Å². The van der Waals surface area contributed by atoms with Crippen molar-refractivity contribution < 1.29 is 4.79 Å². The van der Waals surface area contributed by atoms with Crippen LogP contribution in [0.15, 0.2) is 95.7 Å². The normalized spacial score (nSPS) is 18.4. The molecule has 1 unspecified atom stereocenters. The molecule has 0 fully saturated rings. The summed E-state index contributed by atoms with van der Waals surface area (Å²) >= 11 is 0. The van der Waals surface area contributed by atoms with Crippen LogP contribution in [0.25, 0.3) is 0 Å². The third kappa shape index (κ3) is 4.60. The summed E-state index contributed by atoms with van der Waals surface area (Å²) in [5.41, 5.74) is 9.14. The molecule has 3 aromatic rings. The molecular formula is C29H32N4O. The number of hydrogen-bond donors (Lipinski definition) is 1. The van der Waals surface area contributed by atoms with Crippen molar-refractivity contribution in [3.8, 4) is 0 Å². The molecule has 0 aromatic heterocycles. The number of benzene rings is 3. The van der Waals surface area contributed by atoms with Gasteiger partial charge < -0.3 is 9.80 Å². The first kappa shape index (κ1) is 23.3. The van der Waals surface area contributed by atoms with E-state index in [0.29, 0.717) is 5.56 Å². The molecule has 0 bridgehead atoms. The lowest BCUT2D eigenvalue weighted by Gasteiger charge is -2.30. The van der Waals surface area contributed by atoms with E-state index in [0.717, 1.165) is 13.0 Å². The molecule has 1 aliphatic rings. The summed E-state index contributed by atoms with van der Waals surface area (Å²) in [5.74, 6) is -0.222. The number of allylic oxidation sites excluding steroid dienone is 2. The minimum absolute atomic E-state index is 0.222. The highest BCUT2D eigenvalue weighted by molar-refractivity contribution is 5.94. The van der Waals surface area contributed by atoms with Crippen LogP contribution in [-0.2, 0) is 11.8 Å². The maximum absolute atomic E-state index is 12.3. The Labute approximate surface area is 202 Å². The van der Waals surface area contributed by atoms with Crippen LogP contribution in [0.2, 0.25) is 0 Å². The van der Waals surface area contributed by atoms with Gasteiger partial charge in [0, 0.05) is 54.9 Å². The average molecular weight is 453 g/mol. The molecule has 4 rings (SSSR count). The van der Waals surface area contributed by atoms with Crippen molar-refractivity contribution in [2.24, 2.45) is 5.10 Å². The third-order valence-corrected chi connectivity index (χ3v) is 6.46.